The summed E-state index contributed by atoms with van der Waals surface area (Å²) < 4.78 is 6.20. The lowest BCUT2D eigenvalue weighted by Crippen LogP contribution is -2.60. The first-order valence-electron chi connectivity index (χ1n) is 15.2. The topological polar surface area (TPSA) is 106 Å². The van der Waals surface area contributed by atoms with Crippen molar-refractivity contribution >= 4 is 34.8 Å². The number of nitrogens with one attached hydrogen (secondary N) is 2. The molecule has 2 unspecified atom stereocenters. The number of hydrogen-bond donors (Lipinski definition) is 3. The van der Waals surface area contributed by atoms with Crippen LogP contribution in [-0.4, -0.2) is 84.3 Å². The highest BCUT2D eigenvalue weighted by molar-refractivity contribution is 6.35. The maximum Gasteiger partial charge on any atom is 0.271 e. The molecule has 5 rings (SSSR count). The number of fused-ring (bicyclic) bond motifs is 1. The number of rotatable bonds is 8. The molecule has 4 aliphatic rings. The molecule has 2 saturated heterocycles. The summed E-state index contributed by atoms with van der Waals surface area (Å²) in [5, 5.41) is 8.49. The molecule has 10 nitrogen and oxygen atoms in total. The SMILES string of the molecule is C/C=C/C(=O)N1CCCC[C@@H](N2c3c(ccc(OCCN4CCCC4)c3Cl)NC2N(N)C(=O)C2=CC(C)NC(C)=C2)C1. The second-order valence-corrected chi connectivity index (χ2v) is 12.0. The van der Waals surface area contributed by atoms with Gasteiger partial charge in [-0.25, -0.2) is 10.9 Å². The minimum absolute atomic E-state index is 0.00921. The second kappa shape index (κ2) is 13.4. The summed E-state index contributed by atoms with van der Waals surface area (Å²) in [5.41, 5.74) is 2.95. The number of hydrogen-bond acceptors (Lipinski definition) is 8. The molecule has 0 bridgehead atoms. The van der Waals surface area contributed by atoms with Gasteiger partial charge in [0.25, 0.3) is 5.91 Å². The van der Waals surface area contributed by atoms with Crippen LogP contribution >= 0.6 is 11.6 Å². The fraction of sp³-hybridized carbons (Fsp3) is 0.548. The molecular formula is C31H44ClN7O3. The maximum atomic E-state index is 13.8. The van der Waals surface area contributed by atoms with Crippen LogP contribution < -0.4 is 26.1 Å². The zero-order valence-electron chi connectivity index (χ0n) is 24.9. The molecule has 4 aliphatic heterocycles. The van der Waals surface area contributed by atoms with E-state index in [-0.39, 0.29) is 23.9 Å². The van der Waals surface area contributed by atoms with Crippen LogP contribution in [-0.2, 0) is 9.59 Å². The lowest BCUT2D eigenvalue weighted by atomic mass is 10.1. The fourth-order valence-corrected chi connectivity index (χ4v) is 6.73. The fourth-order valence-electron chi connectivity index (χ4n) is 6.42. The van der Waals surface area contributed by atoms with E-state index in [1.165, 1.54) is 17.9 Å². The Morgan fingerprint density at radius 3 is 2.67 bits per heavy atom. The average Bonchev–Trinajstić information content (AvgIpc) is 3.55. The summed E-state index contributed by atoms with van der Waals surface area (Å²) in [7, 11) is 0. The van der Waals surface area contributed by atoms with E-state index in [1.807, 2.05) is 50.0 Å². The molecule has 0 radical (unpaired) electrons. The molecule has 0 spiro atoms. The van der Waals surface area contributed by atoms with Crippen LogP contribution in [0.1, 0.15) is 52.9 Å². The van der Waals surface area contributed by atoms with Crippen molar-refractivity contribution in [2.45, 2.75) is 71.2 Å². The maximum absolute atomic E-state index is 13.8. The normalized spacial score (nSPS) is 24.5. The van der Waals surface area contributed by atoms with Crippen molar-refractivity contribution in [2.24, 2.45) is 5.84 Å². The third-order valence-electron chi connectivity index (χ3n) is 8.41. The monoisotopic (exact) mass is 597 g/mol. The van der Waals surface area contributed by atoms with E-state index in [0.29, 0.717) is 36.0 Å². The first-order valence-corrected chi connectivity index (χ1v) is 15.5. The van der Waals surface area contributed by atoms with Gasteiger partial charge < -0.3 is 25.2 Å². The Labute approximate surface area is 254 Å². The molecule has 2 amide bonds. The van der Waals surface area contributed by atoms with Gasteiger partial charge in [-0.3, -0.25) is 14.5 Å². The third kappa shape index (κ3) is 6.55. The number of carbonyl (C=O) groups is 2. The zero-order chi connectivity index (χ0) is 29.8. The number of halogens is 1. The van der Waals surface area contributed by atoms with Gasteiger partial charge in [-0.05, 0) is 96.3 Å². The highest BCUT2D eigenvalue weighted by atomic mass is 35.5. The van der Waals surface area contributed by atoms with Crippen LogP contribution in [0.5, 0.6) is 5.75 Å². The third-order valence-corrected chi connectivity index (χ3v) is 8.78. The summed E-state index contributed by atoms with van der Waals surface area (Å²) in [6.45, 7) is 10.5. The van der Waals surface area contributed by atoms with Gasteiger partial charge in [-0.1, -0.05) is 17.7 Å². The number of nitrogens with two attached hydrogens (primary N) is 1. The number of allylic oxidation sites excluding steroid dienone is 2. The minimum atomic E-state index is -0.702. The van der Waals surface area contributed by atoms with Gasteiger partial charge >= 0.3 is 0 Å². The molecule has 2 fully saturated rings. The second-order valence-electron chi connectivity index (χ2n) is 11.6. The van der Waals surface area contributed by atoms with Gasteiger partial charge in [0.15, 0.2) is 6.29 Å². The van der Waals surface area contributed by atoms with Crippen LogP contribution in [0.2, 0.25) is 5.02 Å². The predicted octanol–water partition coefficient (Wildman–Crippen LogP) is 3.81. The highest BCUT2D eigenvalue weighted by Gasteiger charge is 2.42. The van der Waals surface area contributed by atoms with E-state index in [9.17, 15) is 9.59 Å². The number of benzene rings is 1. The van der Waals surface area contributed by atoms with Crippen molar-refractivity contribution in [3.05, 3.63) is 52.7 Å². The Bertz CT molecular complexity index is 1260. The summed E-state index contributed by atoms with van der Waals surface area (Å²) in [4.78, 5) is 33.1. The first kappa shape index (κ1) is 30.3. The Hall–Kier alpha value is -3.21. The first-order chi connectivity index (χ1) is 20.3. The summed E-state index contributed by atoms with van der Waals surface area (Å²) in [6.07, 6.45) is 11.5. The van der Waals surface area contributed by atoms with Gasteiger partial charge in [0.2, 0.25) is 5.91 Å². The highest BCUT2D eigenvalue weighted by Crippen LogP contribution is 2.47. The van der Waals surface area contributed by atoms with E-state index in [4.69, 9.17) is 22.2 Å². The van der Waals surface area contributed by atoms with Crippen LogP contribution in [0.15, 0.2) is 47.7 Å². The van der Waals surface area contributed by atoms with Gasteiger partial charge in [-0.15, -0.1) is 0 Å². The van der Waals surface area contributed by atoms with Gasteiger partial charge in [0.05, 0.1) is 17.4 Å². The molecule has 1 aromatic carbocycles. The molecular weight excluding hydrogens is 554 g/mol. The predicted molar refractivity (Wildman–Crippen MR) is 167 cm³/mol. The number of anilines is 2. The van der Waals surface area contributed by atoms with Crippen LogP contribution in [0, 0.1) is 0 Å². The Kier molecular flexibility index (Phi) is 9.65. The van der Waals surface area contributed by atoms with Gasteiger partial charge in [0, 0.05) is 36.9 Å². The average molecular weight is 598 g/mol. The Morgan fingerprint density at radius 1 is 1.17 bits per heavy atom. The van der Waals surface area contributed by atoms with Crippen LogP contribution in [0.25, 0.3) is 0 Å². The largest absolute Gasteiger partial charge is 0.491 e. The van der Waals surface area contributed by atoms with Gasteiger partial charge in [0.1, 0.15) is 17.4 Å². The number of dihydropyridines is 1. The van der Waals surface area contributed by atoms with Crippen molar-refractivity contribution < 1.29 is 14.3 Å². The van der Waals surface area contributed by atoms with Gasteiger partial charge in [-0.2, -0.15) is 0 Å². The number of hydrazine groups is 1. The standard InChI is InChI=1S/C31H44ClN7O3/c1-4-9-27(40)37-15-6-5-10-24(20-37)38-29-25(11-12-26(28(29)32)42-17-16-36-13-7-8-14-36)35-31(38)39(33)30(41)23-18-21(2)34-22(3)19-23/h4,9,11-12,18-19,21,24,31,34-35H,5-8,10,13-17,20,33H2,1-3H3/b9-4+/t21?,24-,31?/m1/s1. The lowest BCUT2D eigenvalue weighted by Gasteiger charge is -2.40. The van der Waals surface area contributed by atoms with E-state index >= 15 is 0 Å². The number of nitrogens with zero attached hydrogens (tertiary/aromatic N) is 4. The smallest absolute Gasteiger partial charge is 0.271 e. The molecule has 3 atom stereocenters. The molecule has 0 aliphatic carbocycles. The van der Waals surface area contributed by atoms with E-state index in [2.05, 4.69) is 20.4 Å². The molecule has 4 heterocycles. The van der Waals surface area contributed by atoms with E-state index in [1.54, 1.807) is 12.2 Å². The summed E-state index contributed by atoms with van der Waals surface area (Å²) >= 11 is 7.10. The van der Waals surface area contributed by atoms with Crippen molar-refractivity contribution in [3.63, 3.8) is 0 Å². The van der Waals surface area contributed by atoms with Crippen molar-refractivity contribution in [1.82, 2.24) is 20.1 Å². The number of likely N-dealkylation sites (tertiary alicyclic amines) is 2. The number of amides is 2. The quantitative estimate of drug-likeness (QED) is 0.180. The molecule has 1 aromatic rings. The van der Waals surface area contributed by atoms with Crippen molar-refractivity contribution in [2.75, 3.05) is 49.5 Å². The number of ether oxygens (including phenoxy) is 1. The summed E-state index contributed by atoms with van der Waals surface area (Å²) in [6, 6.07) is 3.69. The molecule has 0 saturated carbocycles. The minimum Gasteiger partial charge on any atom is -0.491 e. The molecule has 4 N–H and O–H groups in total. The van der Waals surface area contributed by atoms with E-state index < -0.39 is 6.29 Å². The Balaban J connectivity index is 1.46. The zero-order valence-corrected chi connectivity index (χ0v) is 25.7. The Morgan fingerprint density at radius 2 is 1.93 bits per heavy atom. The number of carbonyl (C=O) groups excluding carboxylic acids is 2. The molecule has 0 aromatic heterocycles. The van der Waals surface area contributed by atoms with Crippen LogP contribution in [0.3, 0.4) is 0 Å². The summed E-state index contributed by atoms with van der Waals surface area (Å²) in [5.74, 6) is 6.94. The molecule has 42 heavy (non-hydrogen) atoms. The molecule has 11 heteroatoms. The van der Waals surface area contributed by atoms with E-state index in [0.717, 1.165) is 56.0 Å². The van der Waals surface area contributed by atoms with Crippen molar-refractivity contribution in [3.8, 4) is 5.75 Å². The molecule has 228 valence electrons. The van der Waals surface area contributed by atoms with Crippen LogP contribution in [0.4, 0.5) is 11.4 Å². The van der Waals surface area contributed by atoms with Crippen molar-refractivity contribution in [1.29, 1.82) is 0 Å². The lowest BCUT2D eigenvalue weighted by molar-refractivity contribution is -0.129.